The average molecular weight is 515 g/mol. The Kier molecular flexibility index (Phi) is 7.57. The van der Waals surface area contributed by atoms with Crippen LogP contribution in [-0.2, 0) is 6.61 Å². The maximum Gasteiger partial charge on any atom is 0.273 e. The van der Waals surface area contributed by atoms with Gasteiger partial charge in [0.05, 0.1) is 11.4 Å². The smallest absolute Gasteiger partial charge is 0.273 e. The number of benzene rings is 2. The first-order valence-corrected chi connectivity index (χ1v) is 10.4. The summed E-state index contributed by atoms with van der Waals surface area (Å²) in [5.74, 6) is -3.84. The normalized spacial score (nSPS) is 11.0. The van der Waals surface area contributed by atoms with Crippen LogP contribution in [0.15, 0.2) is 45.7 Å². The van der Waals surface area contributed by atoms with Gasteiger partial charge in [0.15, 0.2) is 11.6 Å². The summed E-state index contributed by atoms with van der Waals surface area (Å²) in [6.07, 6.45) is 0.359. The molecule has 1 aromatic heterocycles. The Balaban J connectivity index is 1.92. The molecule has 0 spiro atoms. The molecule has 0 aliphatic heterocycles. The third-order valence-corrected chi connectivity index (χ3v) is 5.38. The van der Waals surface area contributed by atoms with Gasteiger partial charge in [0.2, 0.25) is 0 Å². The number of aryl methyl sites for hydroxylation is 1. The number of ether oxygens (including phenoxy) is 1. The first-order chi connectivity index (χ1) is 15.2. The molecule has 5 nitrogen and oxygen atoms in total. The second-order valence-corrected chi connectivity index (χ2v) is 7.69. The van der Waals surface area contributed by atoms with Gasteiger partial charge in [-0.15, -0.1) is 0 Å². The van der Waals surface area contributed by atoms with Gasteiger partial charge in [-0.05, 0) is 53.5 Å². The van der Waals surface area contributed by atoms with Crippen LogP contribution >= 0.6 is 15.9 Å². The van der Waals surface area contributed by atoms with Crippen molar-refractivity contribution in [3.05, 3.63) is 85.8 Å². The highest BCUT2D eigenvalue weighted by Gasteiger charge is 2.20. The van der Waals surface area contributed by atoms with Crippen molar-refractivity contribution in [3.63, 3.8) is 0 Å². The third kappa shape index (κ3) is 4.97. The van der Waals surface area contributed by atoms with E-state index < -0.39 is 28.8 Å². The summed E-state index contributed by atoms with van der Waals surface area (Å²) in [7, 11) is 0. The molecule has 0 saturated carbocycles. The summed E-state index contributed by atoms with van der Waals surface area (Å²) in [6, 6.07) is 7.00. The minimum Gasteiger partial charge on any atom is -0.487 e. The highest BCUT2D eigenvalue weighted by molar-refractivity contribution is 9.10. The van der Waals surface area contributed by atoms with Crippen LogP contribution in [0.2, 0.25) is 0 Å². The van der Waals surface area contributed by atoms with Gasteiger partial charge >= 0.3 is 0 Å². The molecular weight excluding hydrogens is 496 g/mol. The molecule has 1 heterocycles. The second-order valence-electron chi connectivity index (χ2n) is 6.89. The summed E-state index contributed by atoms with van der Waals surface area (Å²) < 4.78 is 62.5. The Labute approximate surface area is 189 Å². The molecule has 0 bridgehead atoms. The van der Waals surface area contributed by atoms with Crippen LogP contribution < -0.4 is 15.6 Å². The maximum atomic E-state index is 14.8. The van der Waals surface area contributed by atoms with E-state index >= 15 is 0 Å². The largest absolute Gasteiger partial charge is 0.487 e. The predicted molar refractivity (Wildman–Crippen MR) is 115 cm³/mol. The number of halogens is 5. The number of hydrogen-bond acceptors (Lipinski definition) is 4. The molecule has 2 aromatic carbocycles. The highest BCUT2D eigenvalue weighted by Crippen LogP contribution is 2.28. The van der Waals surface area contributed by atoms with Crippen molar-refractivity contribution in [2.24, 2.45) is 0 Å². The predicted octanol–water partition coefficient (Wildman–Crippen LogP) is 4.84. The van der Waals surface area contributed by atoms with Gasteiger partial charge in [0, 0.05) is 36.5 Å². The van der Waals surface area contributed by atoms with E-state index in [1.807, 2.05) is 0 Å². The van der Waals surface area contributed by atoms with Crippen molar-refractivity contribution in [1.29, 1.82) is 0 Å². The third-order valence-electron chi connectivity index (χ3n) is 4.65. The molecular formula is C22H19BrF4N2O3. The van der Waals surface area contributed by atoms with E-state index in [9.17, 15) is 22.4 Å². The van der Waals surface area contributed by atoms with E-state index in [1.165, 1.54) is 31.2 Å². The molecule has 3 rings (SSSR count). The molecule has 0 amide bonds. The number of nitrogens with zero attached hydrogens (tertiary/aromatic N) is 1. The zero-order valence-electron chi connectivity index (χ0n) is 16.9. The summed E-state index contributed by atoms with van der Waals surface area (Å²) >= 11 is 3.10. The minimum atomic E-state index is -1.22. The quantitative estimate of drug-likeness (QED) is 0.333. The first-order valence-electron chi connectivity index (χ1n) is 9.56. The number of aromatic nitrogens is 1. The maximum absolute atomic E-state index is 14.8. The second kappa shape index (κ2) is 10.2. The molecule has 0 atom stereocenters. The van der Waals surface area contributed by atoms with Gasteiger partial charge in [-0.2, -0.15) is 0 Å². The zero-order valence-corrected chi connectivity index (χ0v) is 18.5. The van der Waals surface area contributed by atoms with Gasteiger partial charge in [-0.25, -0.2) is 17.6 Å². The molecule has 32 heavy (non-hydrogen) atoms. The lowest BCUT2D eigenvalue weighted by atomic mass is 10.2. The van der Waals surface area contributed by atoms with E-state index in [4.69, 9.17) is 9.84 Å². The fourth-order valence-electron chi connectivity index (χ4n) is 3.03. The number of pyridine rings is 1. The Morgan fingerprint density at radius 3 is 2.53 bits per heavy atom. The van der Waals surface area contributed by atoms with Crippen LogP contribution in [0, 0.1) is 30.2 Å². The molecule has 0 saturated heterocycles. The summed E-state index contributed by atoms with van der Waals surface area (Å²) in [4.78, 5) is 12.9. The van der Waals surface area contributed by atoms with Crippen molar-refractivity contribution in [1.82, 2.24) is 4.57 Å². The molecule has 3 aromatic rings. The molecule has 2 N–H and O–H groups in total. The van der Waals surface area contributed by atoms with Crippen molar-refractivity contribution in [2.45, 2.75) is 20.0 Å². The molecule has 0 aliphatic rings. The lowest BCUT2D eigenvalue weighted by Gasteiger charge is -2.16. The van der Waals surface area contributed by atoms with Crippen LogP contribution in [0.1, 0.15) is 17.7 Å². The number of anilines is 1. The van der Waals surface area contributed by atoms with E-state index in [0.29, 0.717) is 6.42 Å². The summed E-state index contributed by atoms with van der Waals surface area (Å²) in [5.41, 5.74) is -0.774. The standard InChI is InChI=1S/C22H19BrF4N2O3/c1-12-9-18(32-11-13-3-4-14(24)10-15(13)25)19(23)22(31)29(12)17-6-5-16(20(26)21(17)27)28-7-2-8-30/h3-6,9-10,28,30H,2,7-8,11H2,1H3. The fourth-order valence-corrected chi connectivity index (χ4v) is 3.44. The van der Waals surface area contributed by atoms with Gasteiger partial charge in [0.1, 0.15) is 28.5 Å². The number of hydrogen-bond donors (Lipinski definition) is 2. The van der Waals surface area contributed by atoms with Crippen LogP contribution in [0.3, 0.4) is 0 Å². The van der Waals surface area contributed by atoms with Crippen LogP contribution in [0.5, 0.6) is 5.75 Å². The topological polar surface area (TPSA) is 63.5 Å². The van der Waals surface area contributed by atoms with Crippen molar-refractivity contribution in [3.8, 4) is 11.4 Å². The minimum absolute atomic E-state index is 0.0654. The van der Waals surface area contributed by atoms with Crippen LogP contribution in [0.25, 0.3) is 5.69 Å². The molecule has 0 unspecified atom stereocenters. The van der Waals surface area contributed by atoms with E-state index in [-0.39, 0.29) is 52.6 Å². The number of aliphatic hydroxyl groups is 1. The highest BCUT2D eigenvalue weighted by atomic mass is 79.9. The molecule has 0 radical (unpaired) electrons. The van der Waals surface area contributed by atoms with E-state index in [0.717, 1.165) is 16.7 Å². The van der Waals surface area contributed by atoms with Gasteiger partial charge < -0.3 is 15.2 Å². The lowest BCUT2D eigenvalue weighted by Crippen LogP contribution is -2.23. The van der Waals surface area contributed by atoms with E-state index in [1.54, 1.807) is 0 Å². The number of nitrogens with one attached hydrogen (secondary N) is 1. The van der Waals surface area contributed by atoms with Crippen molar-refractivity contribution in [2.75, 3.05) is 18.5 Å². The SMILES string of the molecule is Cc1cc(OCc2ccc(F)cc2F)c(Br)c(=O)n1-c1ccc(NCCCO)c(F)c1F. The Bertz CT molecular complexity index is 1200. The first kappa shape index (κ1) is 23.8. The van der Waals surface area contributed by atoms with Gasteiger partial charge in [-0.3, -0.25) is 9.36 Å². The van der Waals surface area contributed by atoms with E-state index in [2.05, 4.69) is 21.2 Å². The Morgan fingerprint density at radius 1 is 1.09 bits per heavy atom. The molecule has 170 valence electrons. The zero-order chi connectivity index (χ0) is 23.4. The van der Waals surface area contributed by atoms with Crippen LogP contribution in [0.4, 0.5) is 23.2 Å². The Morgan fingerprint density at radius 2 is 1.84 bits per heavy atom. The average Bonchev–Trinajstić information content (AvgIpc) is 2.75. The van der Waals surface area contributed by atoms with Crippen LogP contribution in [-0.4, -0.2) is 22.8 Å². The number of aliphatic hydroxyl groups excluding tert-OH is 1. The Hall–Kier alpha value is -2.85. The van der Waals surface area contributed by atoms with Crippen molar-refractivity contribution >= 4 is 21.6 Å². The number of rotatable bonds is 8. The lowest BCUT2D eigenvalue weighted by molar-refractivity contribution is 0.292. The molecule has 10 heteroatoms. The van der Waals surface area contributed by atoms with Crippen molar-refractivity contribution < 1.29 is 27.4 Å². The molecule has 0 aliphatic carbocycles. The molecule has 0 fully saturated rings. The summed E-state index contributed by atoms with van der Waals surface area (Å²) in [6.45, 7) is 1.38. The monoisotopic (exact) mass is 514 g/mol. The van der Waals surface area contributed by atoms with Gasteiger partial charge in [-0.1, -0.05) is 0 Å². The fraction of sp³-hybridized carbons (Fsp3) is 0.227. The van der Waals surface area contributed by atoms with Gasteiger partial charge in [0.25, 0.3) is 5.56 Å². The summed E-state index contributed by atoms with van der Waals surface area (Å²) in [5, 5.41) is 11.5.